The van der Waals surface area contributed by atoms with Crippen LogP contribution < -0.4 is 4.74 Å². The zero-order valence-electron chi connectivity index (χ0n) is 19.6. The van der Waals surface area contributed by atoms with Gasteiger partial charge in [0.1, 0.15) is 11.4 Å². The fraction of sp³-hybridized carbons (Fsp3) is 0.625. The van der Waals surface area contributed by atoms with Gasteiger partial charge in [-0.25, -0.2) is 4.39 Å². The van der Waals surface area contributed by atoms with Crippen LogP contribution in [-0.4, -0.2) is 48.1 Å². The molecular formula is C24H35FN2O5. The van der Waals surface area contributed by atoms with Gasteiger partial charge in [0, 0.05) is 25.1 Å². The van der Waals surface area contributed by atoms with Gasteiger partial charge < -0.3 is 9.47 Å². The lowest BCUT2D eigenvalue weighted by Crippen LogP contribution is -2.29. The molecule has 0 spiro atoms. The molecule has 32 heavy (non-hydrogen) atoms. The largest absolute Gasteiger partial charge is 0.490 e. The van der Waals surface area contributed by atoms with Gasteiger partial charge in [0.05, 0.1) is 18.1 Å². The standard InChI is InChI=1S/C24H35FN2O5/c1-24(2,3)32-23(28)10-8-6-5-7-9-13-26-14-11-18(12-15-26)19-16-22(31-4)21(27(29)30)17-20(19)25/h11,16-17H,5-10,12-15H2,1-4H3. The molecule has 1 aromatic carbocycles. The summed E-state index contributed by atoms with van der Waals surface area (Å²) in [6.45, 7) is 8.16. The molecule has 0 saturated carbocycles. The van der Waals surface area contributed by atoms with E-state index >= 15 is 0 Å². The number of unbranched alkanes of at least 4 members (excludes halogenated alkanes) is 4. The summed E-state index contributed by atoms with van der Waals surface area (Å²) in [5, 5.41) is 11.0. The molecule has 8 heteroatoms. The number of nitro benzene ring substituents is 1. The van der Waals surface area contributed by atoms with Gasteiger partial charge >= 0.3 is 11.7 Å². The summed E-state index contributed by atoms with van der Waals surface area (Å²) in [6, 6.07) is 2.36. The van der Waals surface area contributed by atoms with Crippen LogP contribution in [0.5, 0.6) is 5.75 Å². The summed E-state index contributed by atoms with van der Waals surface area (Å²) >= 11 is 0. The van der Waals surface area contributed by atoms with E-state index in [-0.39, 0.29) is 17.4 Å². The molecule has 1 heterocycles. The molecule has 1 aromatic rings. The van der Waals surface area contributed by atoms with Crippen LogP contribution in [0, 0.1) is 15.9 Å². The van der Waals surface area contributed by atoms with Crippen molar-refractivity contribution in [3.05, 3.63) is 39.7 Å². The lowest BCUT2D eigenvalue weighted by molar-refractivity contribution is -0.385. The third-order valence-corrected chi connectivity index (χ3v) is 5.38. The molecule has 0 atom stereocenters. The van der Waals surface area contributed by atoms with Crippen LogP contribution >= 0.6 is 0 Å². The van der Waals surface area contributed by atoms with Crippen molar-refractivity contribution in [2.75, 3.05) is 26.7 Å². The topological polar surface area (TPSA) is 81.9 Å². The molecule has 0 bridgehead atoms. The Morgan fingerprint density at radius 3 is 2.47 bits per heavy atom. The second kappa shape index (κ2) is 11.9. The Labute approximate surface area is 189 Å². The highest BCUT2D eigenvalue weighted by Gasteiger charge is 2.22. The summed E-state index contributed by atoms with van der Waals surface area (Å²) in [4.78, 5) is 24.4. The van der Waals surface area contributed by atoms with Crippen LogP contribution in [0.4, 0.5) is 10.1 Å². The van der Waals surface area contributed by atoms with Gasteiger partial charge in [-0.3, -0.25) is 19.8 Å². The highest BCUT2D eigenvalue weighted by Crippen LogP contribution is 2.34. The highest BCUT2D eigenvalue weighted by atomic mass is 19.1. The number of carbonyl (C=O) groups is 1. The van der Waals surface area contributed by atoms with Crippen molar-refractivity contribution in [1.82, 2.24) is 4.90 Å². The molecule has 1 aliphatic rings. The van der Waals surface area contributed by atoms with Crippen molar-refractivity contribution in [2.45, 2.75) is 71.3 Å². The molecule has 0 saturated heterocycles. The lowest BCUT2D eigenvalue weighted by Gasteiger charge is -2.26. The maximum atomic E-state index is 14.4. The first-order valence-corrected chi connectivity index (χ1v) is 11.3. The molecule has 7 nitrogen and oxygen atoms in total. The molecule has 0 N–H and O–H groups in total. The smallest absolute Gasteiger partial charge is 0.313 e. The normalized spacial score (nSPS) is 14.7. The Balaban J connectivity index is 1.71. The van der Waals surface area contributed by atoms with Crippen molar-refractivity contribution in [3.8, 4) is 5.75 Å². The second-order valence-electron chi connectivity index (χ2n) is 9.15. The summed E-state index contributed by atoms with van der Waals surface area (Å²) < 4.78 is 24.8. The zero-order chi connectivity index (χ0) is 23.7. The molecule has 2 rings (SSSR count). The lowest BCUT2D eigenvalue weighted by atomic mass is 9.98. The Hall–Kier alpha value is -2.48. The number of ether oxygens (including phenoxy) is 2. The zero-order valence-corrected chi connectivity index (χ0v) is 19.6. The van der Waals surface area contributed by atoms with Crippen LogP contribution in [0.15, 0.2) is 18.2 Å². The fourth-order valence-corrected chi connectivity index (χ4v) is 3.78. The number of nitro groups is 1. The predicted octanol–water partition coefficient (Wildman–Crippen LogP) is 5.51. The monoisotopic (exact) mass is 450 g/mol. The van der Waals surface area contributed by atoms with E-state index in [4.69, 9.17) is 9.47 Å². The maximum Gasteiger partial charge on any atom is 0.313 e. The molecule has 0 aromatic heterocycles. The van der Waals surface area contributed by atoms with E-state index in [1.165, 1.54) is 13.2 Å². The summed E-state index contributed by atoms with van der Waals surface area (Å²) in [5.41, 5.74) is 0.444. The average Bonchev–Trinajstić information content (AvgIpc) is 2.72. The van der Waals surface area contributed by atoms with E-state index < -0.39 is 16.3 Å². The molecule has 0 unspecified atom stereocenters. The summed E-state index contributed by atoms with van der Waals surface area (Å²) in [5.74, 6) is -0.652. The number of hydrogen-bond donors (Lipinski definition) is 0. The minimum atomic E-state index is -0.639. The van der Waals surface area contributed by atoms with Crippen LogP contribution in [0.3, 0.4) is 0 Å². The van der Waals surface area contributed by atoms with E-state index in [2.05, 4.69) is 4.90 Å². The average molecular weight is 451 g/mol. The number of benzene rings is 1. The predicted molar refractivity (Wildman–Crippen MR) is 122 cm³/mol. The van der Waals surface area contributed by atoms with Gasteiger partial charge in [-0.05, 0) is 58.2 Å². The summed E-state index contributed by atoms with van der Waals surface area (Å²) in [6.07, 6.45) is 8.30. The third kappa shape index (κ3) is 8.22. The maximum absolute atomic E-state index is 14.4. The Morgan fingerprint density at radius 2 is 1.88 bits per heavy atom. The van der Waals surface area contributed by atoms with E-state index in [9.17, 15) is 19.3 Å². The number of nitrogens with zero attached hydrogens (tertiary/aromatic N) is 2. The van der Waals surface area contributed by atoms with E-state index in [1.807, 2.05) is 26.8 Å². The molecule has 178 valence electrons. The third-order valence-electron chi connectivity index (χ3n) is 5.38. The highest BCUT2D eigenvalue weighted by molar-refractivity contribution is 5.70. The van der Waals surface area contributed by atoms with E-state index in [1.54, 1.807) is 0 Å². The van der Waals surface area contributed by atoms with Crippen molar-refractivity contribution >= 4 is 17.2 Å². The molecule has 0 amide bonds. The number of hydrogen-bond acceptors (Lipinski definition) is 6. The number of halogens is 1. The van der Waals surface area contributed by atoms with Crippen LogP contribution in [-0.2, 0) is 9.53 Å². The van der Waals surface area contributed by atoms with Gasteiger partial charge in [-0.2, -0.15) is 0 Å². The second-order valence-corrected chi connectivity index (χ2v) is 9.15. The Bertz CT molecular complexity index is 832. The Kier molecular flexibility index (Phi) is 9.62. The van der Waals surface area contributed by atoms with Gasteiger partial charge in [-0.1, -0.05) is 25.3 Å². The van der Waals surface area contributed by atoms with Crippen molar-refractivity contribution in [2.24, 2.45) is 0 Å². The van der Waals surface area contributed by atoms with Crippen molar-refractivity contribution < 1.29 is 23.6 Å². The molecule has 0 fully saturated rings. The number of methoxy groups -OCH3 is 1. The minimum absolute atomic E-state index is 0.0707. The summed E-state index contributed by atoms with van der Waals surface area (Å²) in [7, 11) is 1.35. The quantitative estimate of drug-likeness (QED) is 0.191. The molecule has 0 aliphatic carbocycles. The van der Waals surface area contributed by atoms with E-state index in [0.29, 0.717) is 18.4 Å². The van der Waals surface area contributed by atoms with Crippen molar-refractivity contribution in [1.29, 1.82) is 0 Å². The minimum Gasteiger partial charge on any atom is -0.490 e. The van der Waals surface area contributed by atoms with Gasteiger partial charge in [0.2, 0.25) is 0 Å². The first-order valence-electron chi connectivity index (χ1n) is 11.3. The number of carbonyl (C=O) groups excluding carboxylic acids is 1. The van der Waals surface area contributed by atoms with E-state index in [0.717, 1.165) is 63.4 Å². The Morgan fingerprint density at radius 1 is 1.19 bits per heavy atom. The van der Waals surface area contributed by atoms with Crippen LogP contribution in [0.2, 0.25) is 0 Å². The van der Waals surface area contributed by atoms with Gasteiger partial charge in [0.15, 0.2) is 5.75 Å². The molecule has 0 radical (unpaired) electrons. The molecule has 1 aliphatic heterocycles. The van der Waals surface area contributed by atoms with Crippen molar-refractivity contribution in [3.63, 3.8) is 0 Å². The first-order chi connectivity index (χ1) is 15.1. The number of esters is 1. The van der Waals surface area contributed by atoms with Gasteiger partial charge in [-0.15, -0.1) is 0 Å². The first kappa shape index (κ1) is 25.8. The van der Waals surface area contributed by atoms with Crippen LogP contribution in [0.1, 0.15) is 71.3 Å². The van der Waals surface area contributed by atoms with Crippen LogP contribution in [0.25, 0.3) is 5.57 Å². The van der Waals surface area contributed by atoms with Gasteiger partial charge in [0.25, 0.3) is 0 Å². The fourth-order valence-electron chi connectivity index (χ4n) is 3.78. The SMILES string of the molecule is COc1cc(C2=CCN(CCCCCCCC(=O)OC(C)(C)C)CC2)c(F)cc1[N+](=O)[O-]. The number of rotatable bonds is 11. The molecular weight excluding hydrogens is 415 g/mol.